The van der Waals surface area contributed by atoms with Gasteiger partial charge in [-0.2, -0.15) is 0 Å². The second-order valence-electron chi connectivity index (χ2n) is 6.27. The van der Waals surface area contributed by atoms with E-state index in [1.54, 1.807) is 0 Å². The predicted octanol–water partition coefficient (Wildman–Crippen LogP) is 2.43. The lowest BCUT2D eigenvalue weighted by Crippen LogP contribution is -2.36. The number of aromatic nitrogens is 3. The third kappa shape index (κ3) is 5.75. The molecule has 0 aromatic carbocycles. The molecule has 1 aromatic heterocycles. The van der Waals surface area contributed by atoms with Crippen LogP contribution in [0.3, 0.4) is 0 Å². The molecule has 5 heteroatoms. The van der Waals surface area contributed by atoms with Gasteiger partial charge in [0.25, 0.3) is 0 Å². The first-order valence-corrected chi connectivity index (χ1v) is 8.59. The third-order valence-electron chi connectivity index (χ3n) is 4.36. The first-order chi connectivity index (χ1) is 10.2. The van der Waals surface area contributed by atoms with Gasteiger partial charge in [-0.05, 0) is 39.2 Å². The lowest BCUT2D eigenvalue weighted by molar-refractivity contribution is 0.190. The lowest BCUT2D eigenvalue weighted by Gasteiger charge is -2.28. The molecule has 0 spiro atoms. The fraction of sp³-hybridized carbons (Fsp3) is 0.875. The highest BCUT2D eigenvalue weighted by molar-refractivity contribution is 4.94. The van der Waals surface area contributed by atoms with Gasteiger partial charge < -0.3 is 5.32 Å². The smallest absolute Gasteiger partial charge is 0.0964 e. The molecule has 1 aliphatic rings. The minimum atomic E-state index is 0.649. The maximum atomic E-state index is 4.25. The van der Waals surface area contributed by atoms with E-state index in [1.165, 1.54) is 38.6 Å². The van der Waals surface area contributed by atoms with Crippen LogP contribution in [0.25, 0.3) is 0 Å². The lowest BCUT2D eigenvalue weighted by atomic mass is 10.2. The van der Waals surface area contributed by atoms with Gasteiger partial charge in [-0.15, -0.1) is 5.10 Å². The van der Waals surface area contributed by atoms with Crippen LogP contribution in [0.2, 0.25) is 0 Å². The van der Waals surface area contributed by atoms with Gasteiger partial charge in [-0.1, -0.05) is 25.5 Å². The van der Waals surface area contributed by atoms with Crippen molar-refractivity contribution in [2.24, 2.45) is 0 Å². The fourth-order valence-corrected chi connectivity index (χ4v) is 2.47. The molecule has 1 aliphatic carbocycles. The summed E-state index contributed by atoms with van der Waals surface area (Å²) >= 11 is 0. The summed E-state index contributed by atoms with van der Waals surface area (Å²) in [6.07, 6.45) is 8.46. The number of hydrogen-bond donors (Lipinski definition) is 1. The van der Waals surface area contributed by atoms with Crippen molar-refractivity contribution in [2.75, 3.05) is 13.1 Å². The first-order valence-electron chi connectivity index (χ1n) is 8.59. The molecule has 0 saturated heterocycles. The Hall–Kier alpha value is -0.940. The van der Waals surface area contributed by atoms with Gasteiger partial charge in [0, 0.05) is 31.4 Å². The molecule has 2 rings (SSSR count). The Morgan fingerprint density at radius 3 is 2.86 bits per heavy atom. The second kappa shape index (κ2) is 8.49. The standard InChI is InChI=1S/C16H31N5/c1-4-6-9-20(14(3)5-2)10-11-21-13-16(18-19-21)12-17-15-7-8-15/h13-15,17H,4-12H2,1-3H3. The van der Waals surface area contributed by atoms with E-state index in [4.69, 9.17) is 0 Å². The van der Waals surface area contributed by atoms with Crippen LogP contribution in [0.4, 0.5) is 0 Å². The molecule has 21 heavy (non-hydrogen) atoms. The molecule has 1 N–H and O–H groups in total. The van der Waals surface area contributed by atoms with Crippen molar-refractivity contribution >= 4 is 0 Å². The van der Waals surface area contributed by atoms with E-state index in [0.717, 1.165) is 31.4 Å². The Bertz CT molecular complexity index is 399. The Labute approximate surface area is 129 Å². The van der Waals surface area contributed by atoms with Crippen molar-refractivity contribution in [1.29, 1.82) is 0 Å². The summed E-state index contributed by atoms with van der Waals surface area (Å²) in [6, 6.07) is 1.38. The summed E-state index contributed by atoms with van der Waals surface area (Å²) in [7, 11) is 0. The molecule has 1 atom stereocenters. The molecule has 1 unspecified atom stereocenters. The van der Waals surface area contributed by atoms with Gasteiger partial charge in [-0.3, -0.25) is 9.58 Å². The first kappa shape index (κ1) is 16.4. The fourth-order valence-electron chi connectivity index (χ4n) is 2.47. The van der Waals surface area contributed by atoms with Crippen molar-refractivity contribution in [3.63, 3.8) is 0 Å². The molecule has 1 aromatic rings. The minimum absolute atomic E-state index is 0.649. The van der Waals surface area contributed by atoms with E-state index in [-0.39, 0.29) is 0 Å². The van der Waals surface area contributed by atoms with Crippen LogP contribution in [0.1, 0.15) is 58.6 Å². The average Bonchev–Trinajstić information content (AvgIpc) is 3.23. The zero-order valence-corrected chi connectivity index (χ0v) is 13.9. The van der Waals surface area contributed by atoms with Gasteiger partial charge >= 0.3 is 0 Å². The molecular formula is C16H31N5. The normalized spacial score (nSPS) is 16.6. The highest BCUT2D eigenvalue weighted by atomic mass is 15.4. The topological polar surface area (TPSA) is 46.0 Å². The molecule has 120 valence electrons. The van der Waals surface area contributed by atoms with Crippen molar-refractivity contribution in [3.8, 4) is 0 Å². The molecule has 0 bridgehead atoms. The highest BCUT2D eigenvalue weighted by Crippen LogP contribution is 2.18. The Morgan fingerprint density at radius 1 is 1.38 bits per heavy atom. The molecule has 1 heterocycles. The van der Waals surface area contributed by atoms with E-state index in [2.05, 4.69) is 47.5 Å². The average molecular weight is 293 g/mol. The molecular weight excluding hydrogens is 262 g/mol. The quantitative estimate of drug-likeness (QED) is 0.680. The number of nitrogens with zero attached hydrogens (tertiary/aromatic N) is 4. The highest BCUT2D eigenvalue weighted by Gasteiger charge is 2.20. The summed E-state index contributed by atoms with van der Waals surface area (Å²) < 4.78 is 1.99. The van der Waals surface area contributed by atoms with Crippen molar-refractivity contribution in [3.05, 3.63) is 11.9 Å². The number of rotatable bonds is 11. The predicted molar refractivity (Wildman–Crippen MR) is 86.1 cm³/mol. The minimum Gasteiger partial charge on any atom is -0.308 e. The van der Waals surface area contributed by atoms with Crippen LogP contribution in [-0.2, 0) is 13.1 Å². The van der Waals surface area contributed by atoms with E-state index in [1.807, 2.05) is 4.68 Å². The Kier molecular flexibility index (Phi) is 6.64. The van der Waals surface area contributed by atoms with Crippen molar-refractivity contribution < 1.29 is 0 Å². The van der Waals surface area contributed by atoms with Crippen LogP contribution in [0.15, 0.2) is 6.20 Å². The van der Waals surface area contributed by atoms with E-state index >= 15 is 0 Å². The molecule has 1 saturated carbocycles. The molecule has 5 nitrogen and oxygen atoms in total. The van der Waals surface area contributed by atoms with Crippen LogP contribution >= 0.6 is 0 Å². The maximum Gasteiger partial charge on any atom is 0.0964 e. The van der Waals surface area contributed by atoms with Crippen molar-refractivity contribution in [2.45, 2.75) is 78.0 Å². The number of unbranched alkanes of at least 4 members (excludes halogenated alkanes) is 1. The Balaban J connectivity index is 1.75. The number of hydrogen-bond acceptors (Lipinski definition) is 4. The summed E-state index contributed by atoms with van der Waals surface area (Å²) in [4.78, 5) is 2.58. The zero-order chi connectivity index (χ0) is 15.1. The molecule has 0 amide bonds. The van der Waals surface area contributed by atoms with Gasteiger partial charge in [0.15, 0.2) is 0 Å². The van der Waals surface area contributed by atoms with Crippen LogP contribution < -0.4 is 5.32 Å². The molecule has 1 fully saturated rings. The summed E-state index contributed by atoms with van der Waals surface area (Å²) in [5.41, 5.74) is 1.06. The largest absolute Gasteiger partial charge is 0.308 e. The molecule has 0 radical (unpaired) electrons. The SMILES string of the molecule is CCCCN(CCn1cc(CNC2CC2)nn1)C(C)CC. The summed E-state index contributed by atoms with van der Waals surface area (Å²) in [5.74, 6) is 0. The van der Waals surface area contributed by atoms with Gasteiger partial charge in [0.1, 0.15) is 0 Å². The van der Waals surface area contributed by atoms with Crippen LogP contribution in [-0.4, -0.2) is 45.1 Å². The van der Waals surface area contributed by atoms with E-state index < -0.39 is 0 Å². The maximum absolute atomic E-state index is 4.25. The van der Waals surface area contributed by atoms with Crippen molar-refractivity contribution in [1.82, 2.24) is 25.2 Å². The van der Waals surface area contributed by atoms with E-state index in [0.29, 0.717) is 6.04 Å². The monoisotopic (exact) mass is 293 g/mol. The zero-order valence-electron chi connectivity index (χ0n) is 13.9. The Morgan fingerprint density at radius 2 is 2.19 bits per heavy atom. The van der Waals surface area contributed by atoms with Crippen LogP contribution in [0.5, 0.6) is 0 Å². The molecule has 0 aliphatic heterocycles. The third-order valence-corrected chi connectivity index (χ3v) is 4.36. The van der Waals surface area contributed by atoms with Crippen LogP contribution in [0, 0.1) is 0 Å². The second-order valence-corrected chi connectivity index (χ2v) is 6.27. The summed E-state index contributed by atoms with van der Waals surface area (Å²) in [5, 5.41) is 12.0. The van der Waals surface area contributed by atoms with Gasteiger partial charge in [0.05, 0.1) is 12.2 Å². The van der Waals surface area contributed by atoms with Gasteiger partial charge in [-0.25, -0.2) is 0 Å². The van der Waals surface area contributed by atoms with Gasteiger partial charge in [0.2, 0.25) is 0 Å². The summed E-state index contributed by atoms with van der Waals surface area (Å²) in [6.45, 7) is 10.9. The van der Waals surface area contributed by atoms with E-state index in [9.17, 15) is 0 Å². The number of nitrogens with one attached hydrogen (secondary N) is 1.